The molecule has 1 aliphatic rings. The number of ether oxygens (including phenoxy) is 1. The van der Waals surface area contributed by atoms with E-state index < -0.39 is 23.8 Å². The monoisotopic (exact) mass is 268 g/mol. The van der Waals surface area contributed by atoms with Crippen molar-refractivity contribution in [1.29, 1.82) is 0 Å². The fourth-order valence-corrected chi connectivity index (χ4v) is 1.74. The Morgan fingerprint density at radius 3 is 2.44 bits per heavy atom. The average molecular weight is 268 g/mol. The van der Waals surface area contributed by atoms with E-state index in [0.29, 0.717) is 0 Å². The second kappa shape index (κ2) is 5.34. The van der Waals surface area contributed by atoms with Crippen molar-refractivity contribution in [2.45, 2.75) is 45.0 Å². The Bertz CT molecular complexity index is 300. The molecule has 0 aromatic carbocycles. The van der Waals surface area contributed by atoms with Gasteiger partial charge in [-0.2, -0.15) is 13.2 Å². The van der Waals surface area contributed by atoms with E-state index in [0.717, 1.165) is 0 Å². The molecule has 0 aliphatic carbocycles. The third kappa shape index (κ3) is 5.12. The number of carbonyl (C=O) groups excluding carboxylic acids is 1. The summed E-state index contributed by atoms with van der Waals surface area (Å²) in [5, 5.41) is 5.20. The molecule has 106 valence electrons. The van der Waals surface area contributed by atoms with Crippen molar-refractivity contribution >= 4 is 6.09 Å². The van der Waals surface area contributed by atoms with Gasteiger partial charge in [0.15, 0.2) is 0 Å². The lowest BCUT2D eigenvalue weighted by atomic mass is 10.1. The molecule has 1 heterocycles. The zero-order chi connectivity index (χ0) is 14.0. The van der Waals surface area contributed by atoms with Gasteiger partial charge in [0.25, 0.3) is 0 Å². The number of alkyl halides is 3. The molecule has 7 heteroatoms. The first-order valence-corrected chi connectivity index (χ1v) is 5.85. The molecule has 0 radical (unpaired) electrons. The minimum Gasteiger partial charge on any atom is -0.444 e. The van der Waals surface area contributed by atoms with Gasteiger partial charge in [-0.1, -0.05) is 0 Å². The summed E-state index contributed by atoms with van der Waals surface area (Å²) in [6.45, 7) is 5.21. The third-order valence-electron chi connectivity index (χ3n) is 2.58. The Morgan fingerprint density at radius 1 is 1.39 bits per heavy atom. The van der Waals surface area contributed by atoms with Crippen LogP contribution >= 0.6 is 0 Å². The molecule has 2 N–H and O–H groups in total. The lowest BCUT2D eigenvalue weighted by Gasteiger charge is -2.20. The molecular formula is C11H19F3N2O2. The highest BCUT2D eigenvalue weighted by Crippen LogP contribution is 2.32. The number of rotatable bonds is 2. The van der Waals surface area contributed by atoms with E-state index in [1.807, 2.05) is 0 Å². The molecule has 1 amide bonds. The normalized spacial score (nSPS) is 25.0. The van der Waals surface area contributed by atoms with Gasteiger partial charge >= 0.3 is 12.3 Å². The van der Waals surface area contributed by atoms with E-state index in [1.165, 1.54) is 0 Å². The van der Waals surface area contributed by atoms with Crippen molar-refractivity contribution in [2.75, 3.05) is 13.1 Å². The van der Waals surface area contributed by atoms with Crippen LogP contribution in [-0.2, 0) is 4.74 Å². The highest BCUT2D eigenvalue weighted by Gasteiger charge is 2.43. The molecule has 4 nitrogen and oxygen atoms in total. The van der Waals surface area contributed by atoms with Crippen LogP contribution in [0.3, 0.4) is 0 Å². The Kier molecular flexibility index (Phi) is 4.47. The number of hydrogen-bond donors (Lipinski definition) is 2. The molecule has 1 rings (SSSR count). The summed E-state index contributed by atoms with van der Waals surface area (Å²) in [6, 6.07) is -0.357. The van der Waals surface area contributed by atoms with E-state index in [-0.39, 0.29) is 25.6 Å². The molecule has 18 heavy (non-hydrogen) atoms. The van der Waals surface area contributed by atoms with Crippen LogP contribution in [0.1, 0.15) is 27.2 Å². The summed E-state index contributed by atoms with van der Waals surface area (Å²) < 4.78 is 42.2. The van der Waals surface area contributed by atoms with E-state index in [4.69, 9.17) is 4.74 Å². The zero-order valence-electron chi connectivity index (χ0n) is 10.7. The minimum absolute atomic E-state index is 0.0146. The van der Waals surface area contributed by atoms with Gasteiger partial charge in [0.1, 0.15) is 5.60 Å². The van der Waals surface area contributed by atoms with E-state index in [2.05, 4.69) is 10.6 Å². The van der Waals surface area contributed by atoms with Gasteiger partial charge in [-0.25, -0.2) is 4.79 Å². The van der Waals surface area contributed by atoms with Gasteiger partial charge in [-0.05, 0) is 27.2 Å². The molecule has 1 aliphatic heterocycles. The number of carbonyl (C=O) groups is 1. The maximum atomic E-state index is 12.4. The van der Waals surface area contributed by atoms with Gasteiger partial charge < -0.3 is 15.4 Å². The number of halogens is 3. The molecule has 0 spiro atoms. The molecule has 2 unspecified atom stereocenters. The number of amides is 1. The van der Waals surface area contributed by atoms with Gasteiger partial charge in [0, 0.05) is 19.1 Å². The molecule has 0 bridgehead atoms. The Hall–Kier alpha value is -0.980. The van der Waals surface area contributed by atoms with Crippen LogP contribution in [0.5, 0.6) is 0 Å². The second-order valence-corrected chi connectivity index (χ2v) is 5.46. The SMILES string of the molecule is CC(C)(C)OC(=O)NCC1CC(C(F)(F)F)CN1. The van der Waals surface area contributed by atoms with Gasteiger partial charge in [0.05, 0.1) is 5.92 Å². The summed E-state index contributed by atoms with van der Waals surface area (Å²) in [6.07, 6.45) is -4.80. The summed E-state index contributed by atoms with van der Waals surface area (Å²) in [5.41, 5.74) is -0.609. The standard InChI is InChI=1S/C11H19F3N2O2/c1-10(2,3)18-9(17)16-6-8-4-7(5-15-8)11(12,13)14/h7-8,15H,4-6H2,1-3H3,(H,16,17). The topological polar surface area (TPSA) is 50.4 Å². The Balaban J connectivity index is 2.28. The fourth-order valence-electron chi connectivity index (χ4n) is 1.74. The number of alkyl carbamates (subject to hydrolysis) is 1. The van der Waals surface area contributed by atoms with Crippen molar-refractivity contribution in [1.82, 2.24) is 10.6 Å². The molecule has 2 atom stereocenters. The first-order chi connectivity index (χ1) is 8.08. The lowest BCUT2D eigenvalue weighted by Crippen LogP contribution is -2.39. The van der Waals surface area contributed by atoms with Crippen molar-refractivity contribution in [3.63, 3.8) is 0 Å². The second-order valence-electron chi connectivity index (χ2n) is 5.46. The highest BCUT2D eigenvalue weighted by molar-refractivity contribution is 5.67. The smallest absolute Gasteiger partial charge is 0.407 e. The van der Waals surface area contributed by atoms with Crippen LogP contribution in [-0.4, -0.2) is 37.0 Å². The summed E-state index contributed by atoms with van der Waals surface area (Å²) in [7, 11) is 0. The van der Waals surface area contributed by atoms with Crippen LogP contribution in [0.15, 0.2) is 0 Å². The Morgan fingerprint density at radius 2 is 2.00 bits per heavy atom. The number of nitrogens with one attached hydrogen (secondary N) is 2. The van der Waals surface area contributed by atoms with Crippen LogP contribution in [0.4, 0.5) is 18.0 Å². The van der Waals surface area contributed by atoms with Crippen molar-refractivity contribution < 1.29 is 22.7 Å². The molecule has 0 aromatic rings. The number of hydrogen-bond acceptors (Lipinski definition) is 3. The third-order valence-corrected chi connectivity index (χ3v) is 2.58. The first kappa shape index (κ1) is 15.1. The molecular weight excluding hydrogens is 249 g/mol. The maximum absolute atomic E-state index is 12.4. The van der Waals surface area contributed by atoms with Crippen LogP contribution in [0.2, 0.25) is 0 Å². The van der Waals surface area contributed by atoms with Crippen molar-refractivity contribution in [2.24, 2.45) is 5.92 Å². The Labute approximate surface area is 104 Å². The summed E-state index contributed by atoms with van der Waals surface area (Å²) in [4.78, 5) is 11.3. The zero-order valence-corrected chi connectivity index (χ0v) is 10.7. The quantitative estimate of drug-likeness (QED) is 0.806. The lowest BCUT2D eigenvalue weighted by molar-refractivity contribution is -0.169. The fraction of sp³-hybridized carbons (Fsp3) is 0.909. The predicted octanol–water partition coefficient (Wildman–Crippen LogP) is 2.05. The van der Waals surface area contributed by atoms with Crippen LogP contribution in [0.25, 0.3) is 0 Å². The minimum atomic E-state index is -4.17. The largest absolute Gasteiger partial charge is 0.444 e. The van der Waals surface area contributed by atoms with E-state index in [1.54, 1.807) is 20.8 Å². The highest BCUT2D eigenvalue weighted by atomic mass is 19.4. The molecule has 0 aromatic heterocycles. The van der Waals surface area contributed by atoms with E-state index in [9.17, 15) is 18.0 Å². The van der Waals surface area contributed by atoms with Crippen molar-refractivity contribution in [3.05, 3.63) is 0 Å². The average Bonchev–Trinajstić information content (AvgIpc) is 2.59. The molecule has 0 saturated carbocycles. The summed E-state index contributed by atoms with van der Waals surface area (Å²) in [5.74, 6) is -1.33. The van der Waals surface area contributed by atoms with Crippen molar-refractivity contribution in [3.8, 4) is 0 Å². The van der Waals surface area contributed by atoms with Gasteiger partial charge in [-0.15, -0.1) is 0 Å². The molecule has 1 fully saturated rings. The van der Waals surface area contributed by atoms with Crippen LogP contribution in [0, 0.1) is 5.92 Å². The predicted molar refractivity (Wildman–Crippen MR) is 60.2 cm³/mol. The summed E-state index contributed by atoms with van der Waals surface area (Å²) >= 11 is 0. The van der Waals surface area contributed by atoms with E-state index >= 15 is 0 Å². The maximum Gasteiger partial charge on any atom is 0.407 e. The first-order valence-electron chi connectivity index (χ1n) is 5.85. The molecule has 1 saturated heterocycles. The van der Waals surface area contributed by atoms with Gasteiger partial charge in [-0.3, -0.25) is 0 Å². The van der Waals surface area contributed by atoms with Crippen LogP contribution < -0.4 is 10.6 Å². The van der Waals surface area contributed by atoms with Gasteiger partial charge in [0.2, 0.25) is 0 Å².